The van der Waals surface area contributed by atoms with E-state index in [0.717, 1.165) is 31.4 Å². The number of ether oxygens (including phenoxy) is 5. The lowest BCUT2D eigenvalue weighted by Crippen LogP contribution is -2.44. The van der Waals surface area contributed by atoms with Crippen molar-refractivity contribution in [3.05, 3.63) is 29.3 Å². The predicted octanol–water partition coefficient (Wildman–Crippen LogP) is 4.67. The number of hydrogen-bond donors (Lipinski definition) is 0. The van der Waals surface area contributed by atoms with Gasteiger partial charge in [-0.25, -0.2) is 8.78 Å². The Morgan fingerprint density at radius 2 is 1.60 bits per heavy atom. The van der Waals surface area contributed by atoms with Crippen molar-refractivity contribution in [2.24, 2.45) is 11.8 Å². The molecule has 0 N–H and O–H groups in total. The molecule has 1 aromatic rings. The normalized spacial score (nSPS) is 27.4. The highest BCUT2D eigenvalue weighted by atomic mass is 19.3. The van der Waals surface area contributed by atoms with E-state index in [4.69, 9.17) is 18.9 Å². The number of aryl methyl sites for hydroxylation is 1. The molecule has 0 bridgehead atoms. The molecule has 0 spiro atoms. The molecule has 2 aliphatic rings. The van der Waals surface area contributed by atoms with Crippen LogP contribution in [0.4, 0.5) is 17.6 Å². The summed E-state index contributed by atoms with van der Waals surface area (Å²) >= 11 is 0. The fourth-order valence-corrected chi connectivity index (χ4v) is 3.61. The van der Waals surface area contributed by atoms with Gasteiger partial charge in [-0.05, 0) is 30.5 Å². The molecule has 0 aromatic heterocycles. The Bertz CT molecular complexity index is 636. The Morgan fingerprint density at radius 3 is 2.17 bits per heavy atom. The van der Waals surface area contributed by atoms with Gasteiger partial charge in [-0.3, -0.25) is 0 Å². The number of hydrogen-bond acceptors (Lipinski definition) is 5. The maximum Gasteiger partial charge on any atom is 0.387 e. The topological polar surface area (TPSA) is 46.2 Å². The standard InChI is InChI=1S/C21H28F4O5/c1-2-3-4-14-9-28-20(29-10-14)15-11-26-18(27-12-15)6-5-13-7-16(22)19(17(23)8-13)30-21(24)25/h7-8,14-15,18,20-21H,2-6,9-12H2,1H3. The van der Waals surface area contributed by atoms with Crippen LogP contribution in [-0.2, 0) is 25.4 Å². The molecule has 9 heteroatoms. The monoisotopic (exact) mass is 436 g/mol. The predicted molar refractivity (Wildman–Crippen MR) is 99.2 cm³/mol. The Labute approximate surface area is 173 Å². The zero-order chi connectivity index (χ0) is 21.5. The lowest BCUT2D eigenvalue weighted by molar-refractivity contribution is -0.281. The van der Waals surface area contributed by atoms with Crippen LogP contribution >= 0.6 is 0 Å². The summed E-state index contributed by atoms with van der Waals surface area (Å²) < 4.78 is 78.9. The largest absolute Gasteiger partial charge is 0.429 e. The van der Waals surface area contributed by atoms with E-state index in [1.54, 1.807) is 0 Å². The Kier molecular flexibility index (Phi) is 8.73. The van der Waals surface area contributed by atoms with Crippen LogP contribution in [0, 0.1) is 23.5 Å². The van der Waals surface area contributed by atoms with Crippen LogP contribution in [0.3, 0.4) is 0 Å². The van der Waals surface area contributed by atoms with Gasteiger partial charge in [0.1, 0.15) is 0 Å². The first kappa shape index (κ1) is 23.2. The first-order valence-electron chi connectivity index (χ1n) is 10.3. The van der Waals surface area contributed by atoms with E-state index in [-0.39, 0.29) is 18.6 Å². The summed E-state index contributed by atoms with van der Waals surface area (Å²) in [7, 11) is 0. The van der Waals surface area contributed by atoms with E-state index in [9.17, 15) is 17.6 Å². The van der Waals surface area contributed by atoms with Crippen molar-refractivity contribution in [3.8, 4) is 5.75 Å². The van der Waals surface area contributed by atoms with Crippen LogP contribution in [0.15, 0.2) is 12.1 Å². The number of rotatable bonds is 9. The highest BCUT2D eigenvalue weighted by Gasteiger charge is 2.33. The fourth-order valence-electron chi connectivity index (χ4n) is 3.61. The van der Waals surface area contributed by atoms with E-state index in [2.05, 4.69) is 11.7 Å². The van der Waals surface area contributed by atoms with E-state index in [0.29, 0.717) is 44.3 Å². The average Bonchev–Trinajstić information content (AvgIpc) is 2.74. The lowest BCUT2D eigenvalue weighted by atomic mass is 10.0. The molecule has 2 aliphatic heterocycles. The molecule has 0 radical (unpaired) electrons. The van der Waals surface area contributed by atoms with Gasteiger partial charge < -0.3 is 23.7 Å². The maximum absolute atomic E-state index is 13.8. The molecule has 0 unspecified atom stereocenters. The molecular weight excluding hydrogens is 408 g/mol. The van der Waals surface area contributed by atoms with Gasteiger partial charge in [-0.1, -0.05) is 19.8 Å². The minimum Gasteiger partial charge on any atom is -0.429 e. The number of benzene rings is 1. The minimum atomic E-state index is -3.30. The van der Waals surface area contributed by atoms with Crippen molar-refractivity contribution in [1.29, 1.82) is 0 Å². The number of unbranched alkanes of at least 4 members (excludes halogenated alkanes) is 1. The third-order valence-corrected chi connectivity index (χ3v) is 5.27. The molecule has 0 amide bonds. The summed E-state index contributed by atoms with van der Waals surface area (Å²) in [5.41, 5.74) is 0.304. The zero-order valence-corrected chi connectivity index (χ0v) is 17.0. The van der Waals surface area contributed by atoms with Crippen LogP contribution in [0.5, 0.6) is 5.75 Å². The summed E-state index contributed by atoms with van der Waals surface area (Å²) in [6.45, 7) is 1.01. The molecule has 3 rings (SSSR count). The first-order valence-corrected chi connectivity index (χ1v) is 10.3. The SMILES string of the molecule is CCCCC1COC(C2COC(CCc3cc(F)c(OC(F)F)c(F)c3)OC2)OC1. The van der Waals surface area contributed by atoms with E-state index in [1.807, 2.05) is 0 Å². The second-order valence-electron chi connectivity index (χ2n) is 7.71. The van der Waals surface area contributed by atoms with E-state index in [1.165, 1.54) is 0 Å². The van der Waals surface area contributed by atoms with Gasteiger partial charge in [0.05, 0.1) is 32.3 Å². The first-order chi connectivity index (χ1) is 14.5. The third kappa shape index (κ3) is 6.54. The molecule has 2 heterocycles. The van der Waals surface area contributed by atoms with Gasteiger partial charge in [-0.15, -0.1) is 0 Å². The number of halogens is 4. The fraction of sp³-hybridized carbons (Fsp3) is 0.714. The highest BCUT2D eigenvalue weighted by molar-refractivity contribution is 5.31. The molecule has 170 valence electrons. The summed E-state index contributed by atoms with van der Waals surface area (Å²) in [6.07, 6.45) is 3.16. The van der Waals surface area contributed by atoms with Crippen molar-refractivity contribution in [3.63, 3.8) is 0 Å². The Hall–Kier alpha value is -1.42. The second kappa shape index (κ2) is 11.3. The van der Waals surface area contributed by atoms with Gasteiger partial charge in [0, 0.05) is 12.3 Å². The van der Waals surface area contributed by atoms with E-state index >= 15 is 0 Å². The van der Waals surface area contributed by atoms with Crippen molar-refractivity contribution in [1.82, 2.24) is 0 Å². The highest BCUT2D eigenvalue weighted by Crippen LogP contribution is 2.28. The molecule has 1 aromatic carbocycles. The quantitative estimate of drug-likeness (QED) is 0.527. The summed E-state index contributed by atoms with van der Waals surface area (Å²) in [5.74, 6) is -3.02. The van der Waals surface area contributed by atoms with Crippen LogP contribution in [0.2, 0.25) is 0 Å². The molecule has 0 saturated carbocycles. The van der Waals surface area contributed by atoms with Crippen molar-refractivity contribution in [2.45, 2.75) is 58.2 Å². The molecule has 2 fully saturated rings. The van der Waals surface area contributed by atoms with Crippen LogP contribution in [0.1, 0.15) is 38.2 Å². The summed E-state index contributed by atoms with van der Waals surface area (Å²) in [6, 6.07) is 1.95. The second-order valence-corrected chi connectivity index (χ2v) is 7.71. The molecule has 30 heavy (non-hydrogen) atoms. The Balaban J connectivity index is 1.40. The zero-order valence-electron chi connectivity index (χ0n) is 17.0. The van der Waals surface area contributed by atoms with Gasteiger partial charge in [0.15, 0.2) is 30.0 Å². The van der Waals surface area contributed by atoms with Gasteiger partial charge in [-0.2, -0.15) is 8.78 Å². The van der Waals surface area contributed by atoms with Crippen LogP contribution in [-0.4, -0.2) is 45.6 Å². The summed E-state index contributed by atoms with van der Waals surface area (Å²) in [4.78, 5) is 0. The minimum absolute atomic E-state index is 0.0333. The molecular formula is C21H28F4O5. The molecule has 0 aliphatic carbocycles. The van der Waals surface area contributed by atoms with E-state index < -0.39 is 30.3 Å². The maximum atomic E-state index is 13.8. The van der Waals surface area contributed by atoms with Crippen LogP contribution in [0.25, 0.3) is 0 Å². The Morgan fingerprint density at radius 1 is 0.967 bits per heavy atom. The molecule has 0 atom stereocenters. The molecule has 5 nitrogen and oxygen atoms in total. The van der Waals surface area contributed by atoms with Crippen molar-refractivity contribution in [2.75, 3.05) is 26.4 Å². The molecule has 2 saturated heterocycles. The van der Waals surface area contributed by atoms with Crippen molar-refractivity contribution < 1.29 is 41.2 Å². The lowest BCUT2D eigenvalue weighted by Gasteiger charge is -2.37. The van der Waals surface area contributed by atoms with Gasteiger partial charge in [0.2, 0.25) is 0 Å². The third-order valence-electron chi connectivity index (χ3n) is 5.27. The smallest absolute Gasteiger partial charge is 0.387 e. The van der Waals surface area contributed by atoms with Crippen molar-refractivity contribution >= 4 is 0 Å². The van der Waals surface area contributed by atoms with Gasteiger partial charge in [0.25, 0.3) is 0 Å². The number of alkyl halides is 2. The average molecular weight is 436 g/mol. The van der Waals surface area contributed by atoms with Gasteiger partial charge >= 0.3 is 6.61 Å². The van der Waals surface area contributed by atoms with Crippen LogP contribution < -0.4 is 4.74 Å². The summed E-state index contributed by atoms with van der Waals surface area (Å²) in [5, 5.41) is 0.